The van der Waals surface area contributed by atoms with Gasteiger partial charge in [0.2, 0.25) is 0 Å². The Morgan fingerprint density at radius 2 is 1.45 bits per heavy atom. The molecule has 0 spiro atoms. The number of aryl methyl sites for hydroxylation is 2. The van der Waals surface area contributed by atoms with Crippen LogP contribution in [0.25, 0.3) is 0 Å². The van der Waals surface area contributed by atoms with E-state index < -0.39 is 17.3 Å². The van der Waals surface area contributed by atoms with Crippen molar-refractivity contribution in [2.75, 3.05) is 13.7 Å². The Balaban J connectivity index is 1.57. The second-order valence-electron chi connectivity index (χ2n) is 9.93. The number of aliphatic hydroxyl groups excluding tert-OH is 1. The van der Waals surface area contributed by atoms with Crippen LogP contribution >= 0.6 is 11.8 Å². The van der Waals surface area contributed by atoms with Crippen LogP contribution in [0.1, 0.15) is 83.3 Å². The lowest BCUT2D eigenvalue weighted by molar-refractivity contribution is -0.150. The number of carbonyl (C=O) groups excluding carboxylic acids is 2. The number of aliphatic hydroxyl groups is 1. The van der Waals surface area contributed by atoms with Gasteiger partial charge in [0.25, 0.3) is 0 Å². The van der Waals surface area contributed by atoms with Crippen LogP contribution in [0.4, 0.5) is 0 Å². The van der Waals surface area contributed by atoms with Gasteiger partial charge in [0.1, 0.15) is 0 Å². The second kappa shape index (κ2) is 17.6. The monoisotopic (exact) mass is 562 g/mol. The molecule has 2 atom stereocenters. The molecule has 40 heavy (non-hydrogen) atoms. The van der Waals surface area contributed by atoms with Crippen LogP contribution in [-0.4, -0.2) is 36.9 Å². The third kappa shape index (κ3) is 10.1. The molecule has 0 saturated heterocycles. The first-order valence-electron chi connectivity index (χ1n) is 14.3. The topological polar surface area (TPSA) is 72.8 Å². The minimum Gasteiger partial charge on any atom is -0.467 e. The molecule has 214 valence electrons. The van der Waals surface area contributed by atoms with E-state index >= 15 is 0 Å². The molecular weight excluding hydrogens is 520 g/mol. The van der Waals surface area contributed by atoms with Crippen molar-refractivity contribution in [3.63, 3.8) is 0 Å². The lowest BCUT2D eigenvalue weighted by atomic mass is 9.96. The van der Waals surface area contributed by atoms with Crippen molar-refractivity contribution in [1.82, 2.24) is 0 Å². The van der Waals surface area contributed by atoms with Crippen molar-refractivity contribution in [2.45, 2.75) is 75.4 Å². The first-order chi connectivity index (χ1) is 19.5. The van der Waals surface area contributed by atoms with Crippen LogP contribution in [0.3, 0.4) is 0 Å². The number of benzene rings is 3. The van der Waals surface area contributed by atoms with Crippen molar-refractivity contribution in [1.29, 1.82) is 0 Å². The molecule has 0 aliphatic heterocycles. The molecule has 0 aliphatic rings. The SMILES string of the molecule is CCOC(=O)c1cccc(CSC(c2ccccc2CCCCCCCCc2ccccc2)C(O)C(=O)OC)c1. The summed E-state index contributed by atoms with van der Waals surface area (Å²) in [5, 5.41) is 10.5. The van der Waals surface area contributed by atoms with Gasteiger partial charge in [-0.25, -0.2) is 9.59 Å². The lowest BCUT2D eigenvalue weighted by Crippen LogP contribution is -2.28. The molecule has 5 nitrogen and oxygen atoms in total. The van der Waals surface area contributed by atoms with E-state index in [4.69, 9.17) is 9.47 Å². The van der Waals surface area contributed by atoms with Crippen LogP contribution in [0.15, 0.2) is 78.9 Å². The average molecular weight is 563 g/mol. The lowest BCUT2D eigenvalue weighted by Gasteiger charge is -2.24. The van der Waals surface area contributed by atoms with E-state index in [9.17, 15) is 14.7 Å². The highest BCUT2D eigenvalue weighted by Crippen LogP contribution is 2.37. The molecule has 0 saturated carbocycles. The van der Waals surface area contributed by atoms with Crippen molar-refractivity contribution < 1.29 is 24.2 Å². The van der Waals surface area contributed by atoms with Crippen LogP contribution in [0.5, 0.6) is 0 Å². The van der Waals surface area contributed by atoms with E-state index in [0.717, 1.165) is 42.4 Å². The number of esters is 2. The van der Waals surface area contributed by atoms with Crippen LogP contribution in [0, 0.1) is 0 Å². The second-order valence-corrected chi connectivity index (χ2v) is 11.1. The number of thioether (sulfide) groups is 1. The number of ether oxygens (including phenoxy) is 2. The molecule has 1 N–H and O–H groups in total. The summed E-state index contributed by atoms with van der Waals surface area (Å²) in [6, 6.07) is 26.0. The smallest absolute Gasteiger partial charge is 0.338 e. The van der Waals surface area contributed by atoms with E-state index in [2.05, 4.69) is 36.4 Å². The first-order valence-corrected chi connectivity index (χ1v) is 15.3. The van der Waals surface area contributed by atoms with Gasteiger partial charge in [-0.1, -0.05) is 92.4 Å². The molecule has 2 unspecified atom stereocenters. The Hall–Kier alpha value is -3.09. The summed E-state index contributed by atoms with van der Waals surface area (Å²) in [7, 11) is 1.29. The van der Waals surface area contributed by atoms with Gasteiger partial charge >= 0.3 is 11.9 Å². The van der Waals surface area contributed by atoms with Crippen LogP contribution in [-0.2, 0) is 32.9 Å². The van der Waals surface area contributed by atoms with Gasteiger partial charge in [-0.2, -0.15) is 0 Å². The Morgan fingerprint density at radius 3 is 2.17 bits per heavy atom. The Bertz CT molecular complexity index is 1180. The van der Waals surface area contributed by atoms with Gasteiger partial charge in [-0.05, 0) is 67.0 Å². The Morgan fingerprint density at radius 1 is 0.800 bits per heavy atom. The zero-order valence-electron chi connectivity index (χ0n) is 23.7. The van der Waals surface area contributed by atoms with Gasteiger partial charge in [-0.3, -0.25) is 0 Å². The van der Waals surface area contributed by atoms with Crippen LogP contribution in [0.2, 0.25) is 0 Å². The van der Waals surface area contributed by atoms with Crippen LogP contribution < -0.4 is 0 Å². The third-order valence-corrected chi connectivity index (χ3v) is 8.33. The molecule has 3 aromatic carbocycles. The average Bonchev–Trinajstić information content (AvgIpc) is 2.99. The summed E-state index contributed by atoms with van der Waals surface area (Å²) < 4.78 is 10.0. The maximum absolute atomic E-state index is 12.4. The molecule has 0 bridgehead atoms. The number of carbonyl (C=O) groups is 2. The molecule has 0 radical (unpaired) electrons. The van der Waals surface area contributed by atoms with Crippen molar-refractivity contribution in [3.8, 4) is 0 Å². The fourth-order valence-corrected chi connectivity index (χ4v) is 6.07. The first kappa shape index (κ1) is 31.4. The quantitative estimate of drug-likeness (QED) is 0.136. The van der Waals surface area contributed by atoms with Crippen molar-refractivity contribution >= 4 is 23.7 Å². The van der Waals surface area contributed by atoms with E-state index in [1.165, 1.54) is 50.1 Å². The molecular formula is C34H42O5S. The fourth-order valence-electron chi connectivity index (χ4n) is 4.82. The summed E-state index contributed by atoms with van der Waals surface area (Å²) in [5.74, 6) is -0.492. The highest BCUT2D eigenvalue weighted by Gasteiger charge is 2.30. The third-order valence-electron chi connectivity index (χ3n) is 6.96. The standard InChI is InChI=1S/C34H42O5S/c1-3-39-33(36)29-22-15-19-27(24-29)25-40-32(31(35)34(37)38-2)30-23-14-13-21-28(30)20-12-7-5-4-6-9-16-26-17-10-8-11-18-26/h8,10-11,13-15,17-19,21-24,31-32,35H,3-7,9,12,16,20,25H2,1-2H3. The molecule has 3 rings (SSSR count). The number of methoxy groups -OCH3 is 1. The van der Waals surface area contributed by atoms with E-state index in [0.29, 0.717) is 17.9 Å². The summed E-state index contributed by atoms with van der Waals surface area (Å²) >= 11 is 1.48. The van der Waals surface area contributed by atoms with Crippen molar-refractivity contribution in [3.05, 3.63) is 107 Å². The Kier molecular flexibility index (Phi) is 13.8. The summed E-state index contributed by atoms with van der Waals surface area (Å²) in [6.07, 6.45) is 7.85. The van der Waals surface area contributed by atoms with Gasteiger partial charge in [0, 0.05) is 5.75 Å². The largest absolute Gasteiger partial charge is 0.467 e. The van der Waals surface area contributed by atoms with Gasteiger partial charge < -0.3 is 14.6 Å². The molecule has 0 heterocycles. The fraction of sp³-hybridized carbons (Fsp3) is 0.412. The van der Waals surface area contributed by atoms with Gasteiger partial charge in [-0.15, -0.1) is 11.8 Å². The van der Waals surface area contributed by atoms with E-state index in [1.807, 2.05) is 30.3 Å². The summed E-state index contributed by atoms with van der Waals surface area (Å²) in [4.78, 5) is 24.6. The predicted molar refractivity (Wildman–Crippen MR) is 162 cm³/mol. The normalized spacial score (nSPS) is 12.5. The molecule has 0 fully saturated rings. The summed E-state index contributed by atoms with van der Waals surface area (Å²) in [5.41, 5.74) is 4.92. The molecule has 0 amide bonds. The predicted octanol–water partition coefficient (Wildman–Crippen LogP) is 7.50. The zero-order chi connectivity index (χ0) is 28.6. The highest BCUT2D eigenvalue weighted by molar-refractivity contribution is 7.98. The maximum atomic E-state index is 12.4. The molecule has 0 aromatic heterocycles. The molecule has 0 aliphatic carbocycles. The number of unbranched alkanes of at least 4 members (excludes halogenated alkanes) is 5. The van der Waals surface area contributed by atoms with E-state index in [-0.39, 0.29) is 5.97 Å². The number of hydrogen-bond acceptors (Lipinski definition) is 6. The van der Waals surface area contributed by atoms with Gasteiger partial charge in [0.05, 0.1) is 24.5 Å². The summed E-state index contributed by atoms with van der Waals surface area (Å²) in [6.45, 7) is 2.09. The van der Waals surface area contributed by atoms with Gasteiger partial charge in [0.15, 0.2) is 6.10 Å². The van der Waals surface area contributed by atoms with E-state index in [1.54, 1.807) is 19.1 Å². The minimum atomic E-state index is -1.30. The Labute approximate surface area is 243 Å². The molecule has 3 aromatic rings. The zero-order valence-corrected chi connectivity index (χ0v) is 24.5. The highest BCUT2D eigenvalue weighted by atomic mass is 32.2. The minimum absolute atomic E-state index is 0.316. The molecule has 6 heteroatoms. The maximum Gasteiger partial charge on any atom is 0.338 e. The number of rotatable bonds is 17. The number of hydrogen-bond donors (Lipinski definition) is 1. The van der Waals surface area contributed by atoms with Crippen molar-refractivity contribution in [2.24, 2.45) is 0 Å².